The molecule has 0 bridgehead atoms. The Morgan fingerprint density at radius 1 is 1.48 bits per heavy atom. The van der Waals surface area contributed by atoms with Crippen LogP contribution in [0.15, 0.2) is 23.1 Å². The summed E-state index contributed by atoms with van der Waals surface area (Å²) < 4.78 is 0. The van der Waals surface area contributed by atoms with E-state index in [0.29, 0.717) is 17.6 Å². The molecule has 1 heterocycles. The number of amides is 2. The first-order valence-corrected chi connectivity index (χ1v) is 8.40. The molecule has 0 saturated heterocycles. The Balaban J connectivity index is 1.70. The predicted octanol–water partition coefficient (Wildman–Crippen LogP) is 3.15. The van der Waals surface area contributed by atoms with Gasteiger partial charge in [0.25, 0.3) is 0 Å². The zero-order chi connectivity index (χ0) is 15.0. The lowest BCUT2D eigenvalue weighted by molar-refractivity contribution is -0.133. The van der Waals surface area contributed by atoms with Crippen molar-refractivity contribution in [3.8, 4) is 0 Å². The number of hydrogen-bond acceptors (Lipinski definition) is 3. The standard InChI is InChI=1S/C15H17ClN2O2S/c1-2-18(10-4-5-10)14(19)8-13-15(20)17-11-7-9(16)3-6-12(11)21-13/h3,6-7,10,13H,2,4-5,8H2,1H3,(H,17,20)/t13-/m0/s1. The lowest BCUT2D eigenvalue weighted by atomic mass is 10.2. The van der Waals surface area contributed by atoms with Crippen LogP contribution in [0.5, 0.6) is 0 Å². The maximum absolute atomic E-state index is 12.3. The molecule has 21 heavy (non-hydrogen) atoms. The molecule has 112 valence electrons. The fraction of sp³-hybridized carbons (Fsp3) is 0.467. The highest BCUT2D eigenvalue weighted by atomic mass is 35.5. The van der Waals surface area contributed by atoms with Gasteiger partial charge in [-0.25, -0.2) is 0 Å². The topological polar surface area (TPSA) is 49.4 Å². The number of fused-ring (bicyclic) bond motifs is 1. The van der Waals surface area contributed by atoms with Crippen molar-refractivity contribution in [3.63, 3.8) is 0 Å². The van der Waals surface area contributed by atoms with Crippen LogP contribution in [0.2, 0.25) is 5.02 Å². The first kappa shape index (κ1) is 14.7. The van der Waals surface area contributed by atoms with Crippen LogP contribution < -0.4 is 5.32 Å². The van der Waals surface area contributed by atoms with E-state index in [2.05, 4.69) is 5.32 Å². The number of nitrogens with zero attached hydrogens (tertiary/aromatic N) is 1. The molecule has 0 spiro atoms. The van der Waals surface area contributed by atoms with Gasteiger partial charge in [-0.3, -0.25) is 9.59 Å². The van der Waals surface area contributed by atoms with E-state index >= 15 is 0 Å². The quantitative estimate of drug-likeness (QED) is 0.925. The minimum Gasteiger partial charge on any atom is -0.340 e. The molecular weight excluding hydrogens is 308 g/mol. The van der Waals surface area contributed by atoms with Crippen LogP contribution >= 0.6 is 23.4 Å². The minimum atomic E-state index is -0.362. The van der Waals surface area contributed by atoms with E-state index < -0.39 is 0 Å². The summed E-state index contributed by atoms with van der Waals surface area (Å²) in [6.45, 7) is 2.70. The SMILES string of the molecule is CCN(C(=O)C[C@@H]1Sc2ccc(Cl)cc2NC1=O)C1CC1. The molecular formula is C15H17ClN2O2S. The molecule has 1 fully saturated rings. The monoisotopic (exact) mass is 324 g/mol. The summed E-state index contributed by atoms with van der Waals surface area (Å²) in [6, 6.07) is 5.82. The molecule has 2 aliphatic rings. The van der Waals surface area contributed by atoms with Gasteiger partial charge in [-0.2, -0.15) is 0 Å². The molecule has 0 aromatic heterocycles. The van der Waals surface area contributed by atoms with E-state index in [1.165, 1.54) is 11.8 Å². The Kier molecular flexibility index (Phi) is 4.13. The van der Waals surface area contributed by atoms with Gasteiger partial charge in [-0.05, 0) is 38.0 Å². The summed E-state index contributed by atoms with van der Waals surface area (Å²) >= 11 is 7.37. The average Bonchev–Trinajstić information content (AvgIpc) is 3.25. The van der Waals surface area contributed by atoms with E-state index in [1.54, 1.807) is 12.1 Å². The second-order valence-corrected chi connectivity index (χ2v) is 7.03. The Morgan fingerprint density at radius 2 is 2.24 bits per heavy atom. The number of carbonyl (C=O) groups excluding carboxylic acids is 2. The summed E-state index contributed by atoms with van der Waals surface area (Å²) in [4.78, 5) is 27.4. The fourth-order valence-electron chi connectivity index (χ4n) is 2.56. The Hall–Kier alpha value is -1.20. The number of rotatable bonds is 4. The number of anilines is 1. The summed E-state index contributed by atoms with van der Waals surface area (Å²) in [5.41, 5.74) is 0.732. The van der Waals surface area contributed by atoms with Crippen LogP contribution in [0, 0.1) is 0 Å². The second-order valence-electron chi connectivity index (χ2n) is 5.35. The smallest absolute Gasteiger partial charge is 0.238 e. The molecule has 2 amide bonds. The molecule has 1 aliphatic carbocycles. The molecule has 1 saturated carbocycles. The summed E-state index contributed by atoms with van der Waals surface area (Å²) in [6.07, 6.45) is 2.43. The van der Waals surface area contributed by atoms with E-state index in [0.717, 1.165) is 23.4 Å². The van der Waals surface area contributed by atoms with E-state index in [9.17, 15) is 9.59 Å². The number of carbonyl (C=O) groups is 2. The van der Waals surface area contributed by atoms with Crippen molar-refractivity contribution in [2.24, 2.45) is 0 Å². The van der Waals surface area contributed by atoms with Crippen molar-refractivity contribution in [2.75, 3.05) is 11.9 Å². The summed E-state index contributed by atoms with van der Waals surface area (Å²) in [7, 11) is 0. The summed E-state index contributed by atoms with van der Waals surface area (Å²) in [5.74, 6) is -0.0416. The van der Waals surface area contributed by atoms with Crippen molar-refractivity contribution in [3.05, 3.63) is 23.2 Å². The normalized spacial score (nSPS) is 20.7. The maximum atomic E-state index is 12.3. The van der Waals surface area contributed by atoms with Gasteiger partial charge in [0.2, 0.25) is 11.8 Å². The van der Waals surface area contributed by atoms with Gasteiger partial charge in [-0.15, -0.1) is 11.8 Å². The van der Waals surface area contributed by atoms with Crippen LogP contribution in [0.3, 0.4) is 0 Å². The molecule has 3 rings (SSSR count). The highest BCUT2D eigenvalue weighted by Gasteiger charge is 2.35. The van der Waals surface area contributed by atoms with Gasteiger partial charge in [0.05, 0.1) is 10.9 Å². The number of nitrogens with one attached hydrogen (secondary N) is 1. The Morgan fingerprint density at radius 3 is 2.90 bits per heavy atom. The zero-order valence-electron chi connectivity index (χ0n) is 11.8. The van der Waals surface area contributed by atoms with Gasteiger partial charge in [0, 0.05) is 28.9 Å². The second kappa shape index (κ2) is 5.89. The minimum absolute atomic E-state index is 0.0741. The van der Waals surface area contributed by atoms with E-state index in [-0.39, 0.29) is 23.5 Å². The molecule has 1 aliphatic heterocycles. The Bertz CT molecular complexity index is 589. The van der Waals surface area contributed by atoms with Crippen molar-refractivity contribution in [2.45, 2.75) is 42.4 Å². The van der Waals surface area contributed by atoms with Crippen molar-refractivity contribution >= 4 is 40.9 Å². The third kappa shape index (κ3) is 3.19. The highest BCUT2D eigenvalue weighted by Crippen LogP contribution is 2.39. The van der Waals surface area contributed by atoms with E-state index in [1.807, 2.05) is 17.9 Å². The van der Waals surface area contributed by atoms with Crippen LogP contribution in [-0.4, -0.2) is 34.6 Å². The molecule has 0 unspecified atom stereocenters. The predicted molar refractivity (Wildman–Crippen MR) is 84.8 cm³/mol. The van der Waals surface area contributed by atoms with Crippen molar-refractivity contribution in [1.29, 1.82) is 0 Å². The molecule has 1 N–H and O–H groups in total. The fourth-order valence-corrected chi connectivity index (χ4v) is 3.81. The van der Waals surface area contributed by atoms with Gasteiger partial charge in [0.1, 0.15) is 0 Å². The number of hydrogen-bond donors (Lipinski definition) is 1. The van der Waals surface area contributed by atoms with Gasteiger partial charge >= 0.3 is 0 Å². The molecule has 1 aromatic rings. The maximum Gasteiger partial charge on any atom is 0.238 e. The largest absolute Gasteiger partial charge is 0.340 e. The first-order valence-electron chi connectivity index (χ1n) is 7.15. The van der Waals surface area contributed by atoms with Crippen LogP contribution in [0.25, 0.3) is 0 Å². The van der Waals surface area contributed by atoms with E-state index in [4.69, 9.17) is 11.6 Å². The molecule has 0 radical (unpaired) electrons. The third-order valence-corrected chi connectivity index (χ3v) is 5.28. The molecule has 1 atom stereocenters. The lowest BCUT2D eigenvalue weighted by Gasteiger charge is -2.26. The third-order valence-electron chi connectivity index (χ3n) is 3.77. The molecule has 4 nitrogen and oxygen atoms in total. The van der Waals surface area contributed by atoms with Crippen LogP contribution in [0.1, 0.15) is 26.2 Å². The molecule has 6 heteroatoms. The highest BCUT2D eigenvalue weighted by molar-refractivity contribution is 8.01. The average molecular weight is 325 g/mol. The van der Waals surface area contributed by atoms with Gasteiger partial charge < -0.3 is 10.2 Å². The van der Waals surface area contributed by atoms with Crippen LogP contribution in [0.4, 0.5) is 5.69 Å². The van der Waals surface area contributed by atoms with Crippen molar-refractivity contribution in [1.82, 2.24) is 4.90 Å². The van der Waals surface area contributed by atoms with Gasteiger partial charge in [-0.1, -0.05) is 11.6 Å². The summed E-state index contributed by atoms with van der Waals surface area (Å²) in [5, 5.41) is 3.07. The molecule has 1 aromatic carbocycles. The zero-order valence-corrected chi connectivity index (χ0v) is 13.3. The Labute approximate surface area is 133 Å². The first-order chi connectivity index (χ1) is 10.1. The number of benzene rings is 1. The van der Waals surface area contributed by atoms with Crippen LogP contribution in [-0.2, 0) is 9.59 Å². The number of halogens is 1. The number of thioether (sulfide) groups is 1. The lowest BCUT2D eigenvalue weighted by Crippen LogP contribution is -2.38. The van der Waals surface area contributed by atoms with Gasteiger partial charge in [0.15, 0.2) is 0 Å². The van der Waals surface area contributed by atoms with Crippen molar-refractivity contribution < 1.29 is 9.59 Å².